The molecule has 0 saturated carbocycles. The van der Waals surface area contributed by atoms with Crippen LogP contribution >= 0.6 is 11.3 Å². The van der Waals surface area contributed by atoms with Gasteiger partial charge in [0.1, 0.15) is 5.82 Å². The largest absolute Gasteiger partial charge is 0.298 e. The fraction of sp³-hybridized carbons (Fsp3) is 0.0909. The molecule has 1 N–H and O–H groups in total. The lowest BCUT2D eigenvalue weighted by Gasteiger charge is -2.02. The lowest BCUT2D eigenvalue weighted by molar-refractivity contribution is 0.102. The summed E-state index contributed by atoms with van der Waals surface area (Å²) >= 11 is 1.38. The molecule has 3 rings (SSSR count). The molecule has 0 bridgehead atoms. The number of anilines is 1. The first-order valence-electron chi connectivity index (χ1n) is 5.26. The number of hydrogen-bond acceptors (Lipinski definition) is 5. The minimum Gasteiger partial charge on any atom is -0.298 e. The van der Waals surface area contributed by atoms with Crippen molar-refractivity contribution >= 4 is 28.0 Å². The van der Waals surface area contributed by atoms with Crippen LogP contribution in [0.3, 0.4) is 0 Å². The molecular weight excluding hydrogens is 250 g/mol. The number of aromatic nitrogens is 4. The van der Waals surface area contributed by atoms with Crippen molar-refractivity contribution in [3.63, 3.8) is 0 Å². The minimum atomic E-state index is -0.201. The number of aryl methyl sites for hydroxylation is 1. The highest BCUT2D eigenvalue weighted by Gasteiger charge is 2.09. The van der Waals surface area contributed by atoms with Gasteiger partial charge in [-0.05, 0) is 19.1 Å². The zero-order chi connectivity index (χ0) is 12.5. The molecule has 7 heteroatoms. The summed E-state index contributed by atoms with van der Waals surface area (Å²) < 4.78 is 1.82. The second-order valence-electron chi connectivity index (χ2n) is 3.68. The topological polar surface area (TPSA) is 72.2 Å². The van der Waals surface area contributed by atoms with E-state index in [4.69, 9.17) is 0 Å². The van der Waals surface area contributed by atoms with E-state index in [1.807, 2.05) is 11.3 Å². The van der Waals surface area contributed by atoms with Gasteiger partial charge < -0.3 is 0 Å². The fourth-order valence-electron chi connectivity index (χ4n) is 1.61. The molecule has 0 unspecified atom stereocenters. The first-order valence-corrected chi connectivity index (χ1v) is 6.14. The summed E-state index contributed by atoms with van der Waals surface area (Å²) in [6.45, 7) is 1.86. The molecule has 0 saturated heterocycles. The molecule has 1 amide bonds. The first-order chi connectivity index (χ1) is 8.74. The van der Waals surface area contributed by atoms with Gasteiger partial charge in [-0.3, -0.25) is 14.5 Å². The van der Waals surface area contributed by atoms with Crippen molar-refractivity contribution in [2.24, 2.45) is 0 Å². The molecule has 0 aromatic carbocycles. The highest BCUT2D eigenvalue weighted by Crippen LogP contribution is 2.13. The van der Waals surface area contributed by atoms with Crippen LogP contribution in [0.4, 0.5) is 5.13 Å². The summed E-state index contributed by atoms with van der Waals surface area (Å²) in [7, 11) is 0. The predicted molar refractivity (Wildman–Crippen MR) is 67.8 cm³/mol. The number of carbonyl (C=O) groups excluding carboxylic acids is 1. The number of nitrogens with one attached hydrogen (secondary N) is 1. The highest BCUT2D eigenvalue weighted by atomic mass is 32.1. The Bertz CT molecular complexity index is 703. The van der Waals surface area contributed by atoms with Gasteiger partial charge in [-0.25, -0.2) is 4.98 Å². The van der Waals surface area contributed by atoms with Gasteiger partial charge in [-0.15, -0.1) is 21.5 Å². The maximum atomic E-state index is 12.0. The zero-order valence-electron chi connectivity index (χ0n) is 9.49. The molecule has 3 heterocycles. The third kappa shape index (κ3) is 1.84. The fourth-order valence-corrected chi connectivity index (χ4v) is 2.13. The third-order valence-corrected chi connectivity index (χ3v) is 3.18. The second kappa shape index (κ2) is 4.19. The Morgan fingerprint density at radius 1 is 1.44 bits per heavy atom. The molecule has 0 aliphatic rings. The minimum absolute atomic E-state index is 0.201. The van der Waals surface area contributed by atoms with E-state index >= 15 is 0 Å². The van der Waals surface area contributed by atoms with Crippen molar-refractivity contribution in [1.82, 2.24) is 19.6 Å². The summed E-state index contributed by atoms with van der Waals surface area (Å²) in [5.41, 5.74) is 1.18. The summed E-state index contributed by atoms with van der Waals surface area (Å²) in [5, 5.41) is 13.0. The number of hydrogen-bond donors (Lipinski definition) is 1. The van der Waals surface area contributed by atoms with Crippen molar-refractivity contribution in [1.29, 1.82) is 0 Å². The van der Waals surface area contributed by atoms with Crippen molar-refractivity contribution in [2.75, 3.05) is 5.32 Å². The zero-order valence-corrected chi connectivity index (χ0v) is 10.3. The van der Waals surface area contributed by atoms with E-state index in [9.17, 15) is 4.79 Å². The van der Waals surface area contributed by atoms with E-state index in [0.29, 0.717) is 16.3 Å². The monoisotopic (exact) mass is 259 g/mol. The summed E-state index contributed by atoms with van der Waals surface area (Å²) in [4.78, 5) is 16.0. The van der Waals surface area contributed by atoms with Gasteiger partial charge in [-0.1, -0.05) is 0 Å². The molecule has 6 nitrogen and oxygen atoms in total. The number of nitrogens with zero attached hydrogens (tertiary/aromatic N) is 4. The Hall–Kier alpha value is -2.28. The molecule has 0 aliphatic carbocycles. The van der Waals surface area contributed by atoms with Crippen molar-refractivity contribution in [2.45, 2.75) is 6.92 Å². The van der Waals surface area contributed by atoms with E-state index in [0.717, 1.165) is 5.82 Å². The highest BCUT2D eigenvalue weighted by molar-refractivity contribution is 7.13. The summed E-state index contributed by atoms with van der Waals surface area (Å²) in [5.74, 6) is 0.588. The molecule has 90 valence electrons. The number of carbonyl (C=O) groups is 1. The molecule has 3 aromatic heterocycles. The van der Waals surface area contributed by atoms with Gasteiger partial charge in [0.05, 0.1) is 0 Å². The maximum Gasteiger partial charge on any atom is 0.257 e. The average molecular weight is 259 g/mol. The van der Waals surface area contributed by atoms with Gasteiger partial charge >= 0.3 is 0 Å². The number of fused-ring (bicyclic) bond motifs is 1. The van der Waals surface area contributed by atoms with Crippen LogP contribution in [0.5, 0.6) is 0 Å². The molecule has 0 atom stereocenters. The van der Waals surface area contributed by atoms with Crippen LogP contribution in [-0.4, -0.2) is 25.5 Å². The first kappa shape index (κ1) is 10.8. The van der Waals surface area contributed by atoms with Crippen LogP contribution < -0.4 is 5.32 Å². The molecule has 0 radical (unpaired) electrons. The number of rotatable bonds is 2. The number of pyridine rings is 1. The van der Waals surface area contributed by atoms with Crippen molar-refractivity contribution < 1.29 is 4.79 Å². The normalized spacial score (nSPS) is 10.7. The average Bonchev–Trinajstić information content (AvgIpc) is 2.99. The molecule has 0 aliphatic heterocycles. The van der Waals surface area contributed by atoms with E-state index < -0.39 is 0 Å². The van der Waals surface area contributed by atoms with E-state index in [1.54, 1.807) is 29.9 Å². The Balaban J connectivity index is 1.92. The third-order valence-electron chi connectivity index (χ3n) is 2.50. The predicted octanol–water partition coefficient (Wildman–Crippen LogP) is 1.75. The van der Waals surface area contributed by atoms with Gasteiger partial charge in [-0.2, -0.15) is 0 Å². The Morgan fingerprint density at radius 2 is 2.33 bits per heavy atom. The quantitative estimate of drug-likeness (QED) is 0.761. The van der Waals surface area contributed by atoms with Gasteiger partial charge in [0.25, 0.3) is 5.91 Å². The molecule has 3 aromatic rings. The van der Waals surface area contributed by atoms with Crippen molar-refractivity contribution in [3.8, 4) is 0 Å². The summed E-state index contributed by atoms with van der Waals surface area (Å²) in [6, 6.07) is 3.43. The number of thiazole rings is 1. The molecule has 0 fully saturated rings. The Kier molecular flexibility index (Phi) is 2.52. The number of amides is 1. The van der Waals surface area contributed by atoms with E-state index in [1.165, 1.54) is 11.3 Å². The Labute approximate surface area is 106 Å². The van der Waals surface area contributed by atoms with Crippen LogP contribution in [0.15, 0.2) is 29.9 Å². The maximum absolute atomic E-state index is 12.0. The molecular formula is C11H9N5OS. The molecule has 0 spiro atoms. The van der Waals surface area contributed by atoms with Crippen molar-refractivity contribution in [3.05, 3.63) is 41.3 Å². The standard InChI is InChI=1S/C11H9N5OS/c1-7-14-15-9-6-8(2-4-16(7)9)10(17)13-11-12-3-5-18-11/h2-6H,1H3,(H,12,13,17). The van der Waals surface area contributed by atoms with Crippen LogP contribution in [0.25, 0.3) is 5.65 Å². The summed E-state index contributed by atoms with van der Waals surface area (Å²) in [6.07, 6.45) is 3.42. The molecule has 18 heavy (non-hydrogen) atoms. The lowest BCUT2D eigenvalue weighted by Crippen LogP contribution is -2.11. The van der Waals surface area contributed by atoms with Crippen LogP contribution in [0.1, 0.15) is 16.2 Å². The van der Waals surface area contributed by atoms with Gasteiger partial charge in [0.15, 0.2) is 10.8 Å². The van der Waals surface area contributed by atoms with Crippen LogP contribution in [-0.2, 0) is 0 Å². The van der Waals surface area contributed by atoms with Gasteiger partial charge in [0, 0.05) is 23.3 Å². The smallest absolute Gasteiger partial charge is 0.257 e. The second-order valence-corrected chi connectivity index (χ2v) is 4.58. The van der Waals surface area contributed by atoms with Crippen LogP contribution in [0.2, 0.25) is 0 Å². The van der Waals surface area contributed by atoms with E-state index in [2.05, 4.69) is 20.5 Å². The van der Waals surface area contributed by atoms with Crippen LogP contribution in [0, 0.1) is 6.92 Å². The Morgan fingerprint density at radius 3 is 3.11 bits per heavy atom. The van der Waals surface area contributed by atoms with E-state index in [-0.39, 0.29) is 5.91 Å². The van der Waals surface area contributed by atoms with Gasteiger partial charge in [0.2, 0.25) is 0 Å². The SMILES string of the molecule is Cc1nnc2cc(C(=O)Nc3nccs3)ccn12. The lowest BCUT2D eigenvalue weighted by atomic mass is 10.2.